The highest BCUT2D eigenvalue weighted by Gasteiger charge is 2.37. The van der Waals surface area contributed by atoms with Crippen LogP contribution in [-0.4, -0.2) is 0 Å². The Bertz CT molecular complexity index is 3380. The largest absolute Gasteiger partial charge is 0.135 e. The van der Waals surface area contributed by atoms with E-state index < -0.39 is 0 Å². The molecule has 1 aliphatic rings. The lowest BCUT2D eigenvalue weighted by molar-refractivity contribution is 0.666. The summed E-state index contributed by atoms with van der Waals surface area (Å²) >= 11 is 1.91. The zero-order valence-corrected chi connectivity index (χ0v) is 32.0. The van der Waals surface area contributed by atoms with Crippen LogP contribution in [0.3, 0.4) is 0 Å². The molecule has 0 saturated heterocycles. The van der Waals surface area contributed by atoms with Crippen molar-refractivity contribution in [2.75, 3.05) is 0 Å². The topological polar surface area (TPSA) is 0 Å². The first-order chi connectivity index (χ1) is 27.5. The van der Waals surface area contributed by atoms with Crippen LogP contribution < -0.4 is 0 Å². The van der Waals surface area contributed by atoms with E-state index in [0.717, 1.165) is 0 Å². The third kappa shape index (κ3) is 4.47. The summed E-state index contributed by atoms with van der Waals surface area (Å²) in [5.41, 5.74) is 13.1. The Kier molecular flexibility index (Phi) is 6.66. The molecule has 262 valence electrons. The van der Waals surface area contributed by atoms with Crippen LogP contribution in [-0.2, 0) is 5.41 Å². The van der Waals surface area contributed by atoms with Gasteiger partial charge in [-0.3, -0.25) is 0 Å². The summed E-state index contributed by atoms with van der Waals surface area (Å²) in [6.07, 6.45) is 0. The average Bonchev–Trinajstić information content (AvgIpc) is 3.72. The van der Waals surface area contributed by atoms with E-state index in [1.54, 1.807) is 0 Å². The molecular weight excluding hydrogens is 693 g/mol. The van der Waals surface area contributed by atoms with E-state index in [-0.39, 0.29) is 5.41 Å². The first-order valence-corrected chi connectivity index (χ1v) is 20.4. The third-order valence-electron chi connectivity index (χ3n) is 12.6. The maximum Gasteiger partial charge on any atom is 0.0361 e. The summed E-state index contributed by atoms with van der Waals surface area (Å²) in [4.78, 5) is 0. The van der Waals surface area contributed by atoms with Gasteiger partial charge in [0.25, 0.3) is 0 Å². The number of rotatable bonds is 3. The number of thiophene rings is 1. The van der Waals surface area contributed by atoms with Crippen LogP contribution in [0.2, 0.25) is 0 Å². The molecule has 0 unspecified atom stereocenters. The highest BCUT2D eigenvalue weighted by molar-refractivity contribution is 7.25. The molecule has 0 fully saturated rings. The van der Waals surface area contributed by atoms with E-state index in [2.05, 4.69) is 196 Å². The highest BCUT2D eigenvalue weighted by atomic mass is 32.1. The lowest BCUT2D eigenvalue weighted by Gasteiger charge is -2.24. The molecule has 0 amide bonds. The van der Waals surface area contributed by atoms with Gasteiger partial charge in [0.2, 0.25) is 0 Å². The summed E-state index contributed by atoms with van der Waals surface area (Å²) in [6, 6.07) is 68.2. The molecule has 1 aliphatic carbocycles. The van der Waals surface area contributed by atoms with E-state index in [1.807, 2.05) is 11.3 Å². The Balaban J connectivity index is 1.08. The molecule has 56 heavy (non-hydrogen) atoms. The lowest BCUT2D eigenvalue weighted by Crippen LogP contribution is -2.15. The molecule has 0 saturated carbocycles. The predicted molar refractivity (Wildman–Crippen MR) is 243 cm³/mol. The van der Waals surface area contributed by atoms with Gasteiger partial charge in [-0.05, 0) is 135 Å². The van der Waals surface area contributed by atoms with Crippen molar-refractivity contribution >= 4 is 74.6 Å². The number of hydrogen-bond acceptors (Lipinski definition) is 1. The molecule has 0 aliphatic heterocycles. The lowest BCUT2D eigenvalue weighted by atomic mass is 9.79. The van der Waals surface area contributed by atoms with E-state index in [4.69, 9.17) is 0 Å². The molecule has 0 spiro atoms. The van der Waals surface area contributed by atoms with Crippen molar-refractivity contribution in [1.29, 1.82) is 0 Å². The molecule has 1 heterocycles. The molecule has 0 N–H and O–H groups in total. The van der Waals surface area contributed by atoms with Crippen molar-refractivity contribution < 1.29 is 0 Å². The summed E-state index contributed by atoms with van der Waals surface area (Å²) in [5.74, 6) is 0. The minimum atomic E-state index is -0.0967. The molecule has 1 heteroatoms. The SMILES string of the molecule is CC1(C)c2ccccc2-c2cc(-c3ccc4cc(-c5c6ccccc6c(-c6ccccc6)c6ccccc56)ccc4c3)c3cc4c(cc3c21)sc1ccccc14. The van der Waals surface area contributed by atoms with Gasteiger partial charge in [-0.2, -0.15) is 0 Å². The number of hydrogen-bond donors (Lipinski definition) is 0. The fourth-order valence-electron chi connectivity index (χ4n) is 10.1. The van der Waals surface area contributed by atoms with Crippen molar-refractivity contribution in [1.82, 2.24) is 0 Å². The Labute approximate surface area is 329 Å². The molecule has 10 aromatic carbocycles. The highest BCUT2D eigenvalue weighted by Crippen LogP contribution is 2.54. The normalized spacial score (nSPS) is 13.3. The molecule has 0 atom stereocenters. The monoisotopic (exact) mass is 728 g/mol. The van der Waals surface area contributed by atoms with Crippen molar-refractivity contribution in [2.24, 2.45) is 0 Å². The van der Waals surface area contributed by atoms with Crippen LogP contribution in [0, 0.1) is 0 Å². The second-order valence-corrected chi connectivity index (χ2v) is 17.1. The van der Waals surface area contributed by atoms with E-state index in [0.29, 0.717) is 0 Å². The third-order valence-corrected chi connectivity index (χ3v) is 13.7. The average molecular weight is 729 g/mol. The first kappa shape index (κ1) is 31.8. The number of benzene rings is 10. The quantitative estimate of drug-likeness (QED) is 0.159. The summed E-state index contributed by atoms with van der Waals surface area (Å²) < 4.78 is 2.70. The molecular formula is C55H36S. The van der Waals surface area contributed by atoms with E-state index >= 15 is 0 Å². The van der Waals surface area contributed by atoms with Crippen LogP contribution in [0.4, 0.5) is 0 Å². The maximum absolute atomic E-state index is 2.50. The van der Waals surface area contributed by atoms with Gasteiger partial charge >= 0.3 is 0 Å². The zero-order chi connectivity index (χ0) is 37.1. The van der Waals surface area contributed by atoms with E-state index in [9.17, 15) is 0 Å². The van der Waals surface area contributed by atoms with Gasteiger partial charge in [-0.25, -0.2) is 0 Å². The number of fused-ring (bicyclic) bond motifs is 11. The van der Waals surface area contributed by atoms with Gasteiger partial charge in [0, 0.05) is 25.6 Å². The molecule has 11 aromatic rings. The standard InChI is InChI=1S/C55H36S/c1-55(2)49-22-12-10-16-38(49)47-30-44(45-31-46-39-17-11-13-23-50(39)56-51(46)32-48(45)54(47)55)36-26-24-35-29-37(27-25-34(35)28-36)53-42-20-8-6-18-40(42)52(33-14-4-3-5-15-33)41-19-7-9-21-43(41)53/h3-32H,1-2H3. The van der Waals surface area contributed by atoms with Crippen LogP contribution in [0.5, 0.6) is 0 Å². The molecule has 0 nitrogen and oxygen atoms in total. The van der Waals surface area contributed by atoms with Crippen molar-refractivity contribution in [3.05, 3.63) is 193 Å². The van der Waals surface area contributed by atoms with Gasteiger partial charge in [0.05, 0.1) is 0 Å². The molecule has 0 bridgehead atoms. The second-order valence-electron chi connectivity index (χ2n) is 16.0. The van der Waals surface area contributed by atoms with Crippen LogP contribution in [0.25, 0.3) is 108 Å². The van der Waals surface area contributed by atoms with Gasteiger partial charge in [0.15, 0.2) is 0 Å². The zero-order valence-electron chi connectivity index (χ0n) is 31.2. The Morgan fingerprint density at radius 1 is 0.339 bits per heavy atom. The minimum Gasteiger partial charge on any atom is -0.135 e. The predicted octanol–water partition coefficient (Wildman–Crippen LogP) is 16.0. The Morgan fingerprint density at radius 2 is 0.911 bits per heavy atom. The van der Waals surface area contributed by atoms with Gasteiger partial charge in [-0.1, -0.05) is 159 Å². The summed E-state index contributed by atoms with van der Waals surface area (Å²) in [5, 5.41) is 13.0. The Morgan fingerprint density at radius 3 is 1.62 bits per heavy atom. The van der Waals surface area contributed by atoms with Crippen LogP contribution in [0.1, 0.15) is 25.0 Å². The fourth-order valence-corrected chi connectivity index (χ4v) is 11.2. The fraction of sp³-hybridized carbons (Fsp3) is 0.0545. The maximum atomic E-state index is 2.50. The second kappa shape index (κ2) is 11.7. The van der Waals surface area contributed by atoms with Gasteiger partial charge in [0.1, 0.15) is 0 Å². The van der Waals surface area contributed by atoms with Crippen LogP contribution in [0.15, 0.2) is 182 Å². The molecule has 1 aromatic heterocycles. The Hall–Kier alpha value is -6.54. The van der Waals surface area contributed by atoms with E-state index in [1.165, 1.54) is 119 Å². The first-order valence-electron chi connectivity index (χ1n) is 19.6. The summed E-state index contributed by atoms with van der Waals surface area (Å²) in [6.45, 7) is 4.81. The smallest absolute Gasteiger partial charge is 0.0361 e. The van der Waals surface area contributed by atoms with Crippen molar-refractivity contribution in [2.45, 2.75) is 19.3 Å². The van der Waals surface area contributed by atoms with Crippen LogP contribution >= 0.6 is 11.3 Å². The van der Waals surface area contributed by atoms with Crippen molar-refractivity contribution in [3.8, 4) is 44.5 Å². The molecule has 12 rings (SSSR count). The molecule has 0 radical (unpaired) electrons. The summed E-state index contributed by atoms with van der Waals surface area (Å²) in [7, 11) is 0. The van der Waals surface area contributed by atoms with Gasteiger partial charge < -0.3 is 0 Å². The van der Waals surface area contributed by atoms with Crippen molar-refractivity contribution in [3.63, 3.8) is 0 Å². The van der Waals surface area contributed by atoms with Gasteiger partial charge in [-0.15, -0.1) is 11.3 Å². The minimum absolute atomic E-state index is 0.0967.